The number of amides is 2. The van der Waals surface area contributed by atoms with Gasteiger partial charge in [0.15, 0.2) is 0 Å². The number of phenolic OH excluding ortho intramolecular Hbond substituents is 1. The zero-order valence-electron chi connectivity index (χ0n) is 14.3. The van der Waals surface area contributed by atoms with E-state index in [9.17, 15) is 14.7 Å². The van der Waals surface area contributed by atoms with Crippen molar-refractivity contribution >= 4 is 11.8 Å². The summed E-state index contributed by atoms with van der Waals surface area (Å²) in [5.41, 5.74) is 1.05. The molecule has 24 heavy (non-hydrogen) atoms. The van der Waals surface area contributed by atoms with Crippen molar-refractivity contribution in [3.05, 3.63) is 29.8 Å². The fourth-order valence-corrected chi connectivity index (χ4v) is 3.98. The summed E-state index contributed by atoms with van der Waals surface area (Å²) in [6, 6.07) is 6.90. The van der Waals surface area contributed by atoms with Crippen molar-refractivity contribution in [2.45, 2.75) is 39.0 Å². The average molecular weight is 330 g/mol. The second-order valence-corrected chi connectivity index (χ2v) is 7.14. The van der Waals surface area contributed by atoms with Gasteiger partial charge in [-0.15, -0.1) is 0 Å². The number of phenols is 1. The Hall–Kier alpha value is -2.04. The number of rotatable bonds is 3. The fraction of sp³-hybridized carbons (Fsp3) is 0.579. The van der Waals surface area contributed by atoms with Crippen molar-refractivity contribution in [1.29, 1.82) is 0 Å². The lowest BCUT2D eigenvalue weighted by Crippen LogP contribution is -2.52. The van der Waals surface area contributed by atoms with E-state index in [-0.39, 0.29) is 23.0 Å². The Morgan fingerprint density at radius 3 is 2.67 bits per heavy atom. The van der Waals surface area contributed by atoms with Crippen LogP contribution in [-0.2, 0) is 16.0 Å². The fourth-order valence-electron chi connectivity index (χ4n) is 3.98. The normalized spacial score (nSPS) is 20.5. The van der Waals surface area contributed by atoms with Crippen molar-refractivity contribution in [3.8, 4) is 5.75 Å². The molecule has 0 bridgehead atoms. The average Bonchev–Trinajstić information content (AvgIpc) is 2.58. The molecule has 2 fully saturated rings. The van der Waals surface area contributed by atoms with Crippen molar-refractivity contribution in [3.63, 3.8) is 0 Å². The molecule has 2 saturated heterocycles. The maximum atomic E-state index is 12.5. The minimum Gasteiger partial charge on any atom is -0.508 e. The van der Waals surface area contributed by atoms with Gasteiger partial charge >= 0.3 is 0 Å². The maximum Gasteiger partial charge on any atom is 0.226 e. The molecule has 2 aliphatic rings. The molecule has 1 N–H and O–H groups in total. The lowest BCUT2D eigenvalue weighted by atomic mass is 9.72. The number of carbonyl (C=O) groups excluding carboxylic acids is 2. The van der Waals surface area contributed by atoms with E-state index in [1.807, 2.05) is 22.8 Å². The number of hydrogen-bond donors (Lipinski definition) is 1. The molecule has 130 valence electrons. The predicted molar refractivity (Wildman–Crippen MR) is 91.5 cm³/mol. The van der Waals surface area contributed by atoms with Crippen molar-refractivity contribution in [2.75, 3.05) is 26.2 Å². The van der Waals surface area contributed by atoms with E-state index in [2.05, 4.69) is 0 Å². The first-order chi connectivity index (χ1) is 11.5. The van der Waals surface area contributed by atoms with Crippen molar-refractivity contribution in [2.24, 2.45) is 5.41 Å². The monoisotopic (exact) mass is 330 g/mol. The highest BCUT2D eigenvalue weighted by atomic mass is 16.3. The van der Waals surface area contributed by atoms with Gasteiger partial charge in [-0.1, -0.05) is 12.1 Å². The molecule has 5 heteroatoms. The van der Waals surface area contributed by atoms with Crippen LogP contribution in [0.2, 0.25) is 0 Å². The number of aromatic hydroxyl groups is 1. The van der Waals surface area contributed by atoms with Crippen LogP contribution >= 0.6 is 0 Å². The van der Waals surface area contributed by atoms with E-state index in [0.717, 1.165) is 51.0 Å². The molecule has 0 aromatic heterocycles. The zero-order chi connectivity index (χ0) is 17.2. The third-order valence-corrected chi connectivity index (χ3v) is 5.57. The second kappa shape index (κ2) is 6.83. The van der Waals surface area contributed by atoms with Crippen molar-refractivity contribution < 1.29 is 14.7 Å². The topological polar surface area (TPSA) is 60.9 Å². The van der Waals surface area contributed by atoms with E-state index in [1.165, 1.54) is 0 Å². The third-order valence-electron chi connectivity index (χ3n) is 5.57. The molecule has 0 aliphatic carbocycles. The van der Waals surface area contributed by atoms with E-state index in [0.29, 0.717) is 12.8 Å². The first kappa shape index (κ1) is 16.8. The lowest BCUT2D eigenvalue weighted by molar-refractivity contribution is -0.142. The molecule has 0 radical (unpaired) electrons. The standard InChI is InChI=1S/C19H26N2O3/c1-2-20-14-19(7-6-17(20)23)8-10-21(11-9-19)18(24)13-15-4-3-5-16(22)12-15/h3-5,12,22H,2,6-11,13-14H2,1H3. The summed E-state index contributed by atoms with van der Waals surface area (Å²) < 4.78 is 0. The Balaban J connectivity index is 1.56. The van der Waals surface area contributed by atoms with Crippen LogP contribution in [-0.4, -0.2) is 52.9 Å². The molecular weight excluding hydrogens is 304 g/mol. The molecular formula is C19H26N2O3. The molecule has 0 unspecified atom stereocenters. The minimum absolute atomic E-state index is 0.120. The number of benzene rings is 1. The summed E-state index contributed by atoms with van der Waals surface area (Å²) in [5, 5.41) is 9.51. The Labute approximate surface area is 143 Å². The Bertz CT molecular complexity index is 621. The maximum absolute atomic E-state index is 12.5. The predicted octanol–water partition coefficient (Wildman–Crippen LogP) is 2.19. The van der Waals surface area contributed by atoms with E-state index >= 15 is 0 Å². The van der Waals surface area contributed by atoms with Gasteiger partial charge in [0.2, 0.25) is 11.8 Å². The van der Waals surface area contributed by atoms with Gasteiger partial charge in [-0.3, -0.25) is 9.59 Å². The molecule has 5 nitrogen and oxygen atoms in total. The van der Waals surface area contributed by atoms with Crippen LogP contribution < -0.4 is 0 Å². The van der Waals surface area contributed by atoms with Crippen LogP contribution in [0.3, 0.4) is 0 Å². The van der Waals surface area contributed by atoms with Crippen LogP contribution in [0.15, 0.2) is 24.3 Å². The van der Waals surface area contributed by atoms with Crippen LogP contribution in [0.5, 0.6) is 5.75 Å². The molecule has 0 saturated carbocycles. The lowest BCUT2D eigenvalue weighted by Gasteiger charge is -2.47. The number of hydrogen-bond acceptors (Lipinski definition) is 3. The van der Waals surface area contributed by atoms with E-state index < -0.39 is 0 Å². The summed E-state index contributed by atoms with van der Waals surface area (Å²) in [6.45, 7) is 5.19. The van der Waals surface area contributed by atoms with Crippen molar-refractivity contribution in [1.82, 2.24) is 9.80 Å². The second-order valence-electron chi connectivity index (χ2n) is 7.14. The molecule has 1 aromatic rings. The molecule has 1 spiro atoms. The van der Waals surface area contributed by atoms with Gasteiger partial charge in [0.1, 0.15) is 5.75 Å². The Morgan fingerprint density at radius 1 is 1.25 bits per heavy atom. The Kier molecular flexibility index (Phi) is 4.78. The zero-order valence-corrected chi connectivity index (χ0v) is 14.3. The first-order valence-electron chi connectivity index (χ1n) is 8.85. The minimum atomic E-state index is 0.120. The van der Waals surface area contributed by atoms with E-state index in [1.54, 1.807) is 18.2 Å². The summed E-state index contributed by atoms with van der Waals surface area (Å²) in [6.07, 6.45) is 3.88. The molecule has 2 amide bonds. The quantitative estimate of drug-likeness (QED) is 0.924. The summed E-state index contributed by atoms with van der Waals surface area (Å²) in [5.74, 6) is 0.588. The van der Waals surface area contributed by atoms with Gasteiger partial charge in [0.05, 0.1) is 6.42 Å². The summed E-state index contributed by atoms with van der Waals surface area (Å²) in [4.78, 5) is 28.3. The van der Waals surface area contributed by atoms with Gasteiger partial charge in [0, 0.05) is 32.6 Å². The summed E-state index contributed by atoms with van der Waals surface area (Å²) >= 11 is 0. The highest BCUT2D eigenvalue weighted by Gasteiger charge is 2.41. The van der Waals surface area contributed by atoms with Gasteiger partial charge in [-0.2, -0.15) is 0 Å². The molecule has 0 atom stereocenters. The number of piperidine rings is 2. The van der Waals surface area contributed by atoms with Gasteiger partial charge in [-0.25, -0.2) is 0 Å². The Morgan fingerprint density at radius 2 is 2.00 bits per heavy atom. The highest BCUT2D eigenvalue weighted by molar-refractivity contribution is 5.79. The highest BCUT2D eigenvalue weighted by Crippen LogP contribution is 2.40. The van der Waals surface area contributed by atoms with Gasteiger partial charge < -0.3 is 14.9 Å². The molecule has 2 heterocycles. The number of nitrogens with zero attached hydrogens (tertiary/aromatic N) is 2. The van der Waals surface area contributed by atoms with E-state index in [4.69, 9.17) is 0 Å². The van der Waals surface area contributed by atoms with Gasteiger partial charge in [0.25, 0.3) is 0 Å². The smallest absolute Gasteiger partial charge is 0.226 e. The first-order valence-corrected chi connectivity index (χ1v) is 8.85. The van der Waals surface area contributed by atoms with Crippen LogP contribution in [0.4, 0.5) is 0 Å². The number of likely N-dealkylation sites (tertiary alicyclic amines) is 2. The number of carbonyl (C=O) groups is 2. The SMILES string of the molecule is CCN1CC2(CCC1=O)CCN(C(=O)Cc1cccc(O)c1)CC2. The molecule has 2 aliphatic heterocycles. The molecule has 1 aromatic carbocycles. The van der Waals surface area contributed by atoms with Crippen LogP contribution in [0.1, 0.15) is 38.2 Å². The largest absolute Gasteiger partial charge is 0.508 e. The third kappa shape index (κ3) is 3.55. The molecule has 3 rings (SSSR count). The van der Waals surface area contributed by atoms with Crippen LogP contribution in [0.25, 0.3) is 0 Å². The van der Waals surface area contributed by atoms with Crippen LogP contribution in [0, 0.1) is 5.41 Å². The summed E-state index contributed by atoms with van der Waals surface area (Å²) in [7, 11) is 0. The van der Waals surface area contributed by atoms with Gasteiger partial charge in [-0.05, 0) is 49.3 Å².